The molecule has 4 rings (SSSR count). The van der Waals surface area contributed by atoms with E-state index in [1.807, 2.05) is 31.2 Å². The molecule has 1 aliphatic rings. The van der Waals surface area contributed by atoms with E-state index in [0.29, 0.717) is 11.3 Å². The molecule has 8 heteroatoms. The second-order valence-electron chi connectivity index (χ2n) is 6.65. The van der Waals surface area contributed by atoms with Gasteiger partial charge in [-0.2, -0.15) is 19.9 Å². The normalized spacial score (nSPS) is 15.1. The molecular formula is C19H21N7O. The van der Waals surface area contributed by atoms with Gasteiger partial charge in [-0.3, -0.25) is 0 Å². The number of aliphatic hydroxyl groups excluding tert-OH is 1. The van der Waals surface area contributed by atoms with Crippen LogP contribution in [0.25, 0.3) is 5.78 Å². The summed E-state index contributed by atoms with van der Waals surface area (Å²) < 4.78 is 1.64. The molecule has 27 heavy (non-hydrogen) atoms. The minimum atomic E-state index is -0.239. The molecule has 3 aromatic rings. The van der Waals surface area contributed by atoms with Crippen LogP contribution in [0, 0.1) is 11.3 Å². The summed E-state index contributed by atoms with van der Waals surface area (Å²) in [5, 5.41) is 26.9. The van der Waals surface area contributed by atoms with Crippen molar-refractivity contribution in [3.8, 4) is 6.07 Å². The summed E-state index contributed by atoms with van der Waals surface area (Å²) in [5.41, 5.74) is 3.24. The number of rotatable bonds is 4. The van der Waals surface area contributed by atoms with Crippen molar-refractivity contribution in [3.05, 3.63) is 41.9 Å². The molecule has 1 aliphatic heterocycles. The van der Waals surface area contributed by atoms with Gasteiger partial charge >= 0.3 is 0 Å². The molecule has 0 unspecified atom stereocenters. The first-order chi connectivity index (χ1) is 13.2. The van der Waals surface area contributed by atoms with E-state index in [1.54, 1.807) is 4.52 Å². The third-order valence-corrected chi connectivity index (χ3v) is 4.86. The lowest BCUT2D eigenvalue weighted by Crippen LogP contribution is -2.36. The molecule has 0 radical (unpaired) electrons. The summed E-state index contributed by atoms with van der Waals surface area (Å²) in [6.45, 7) is 3.55. The van der Waals surface area contributed by atoms with Gasteiger partial charge < -0.3 is 15.3 Å². The van der Waals surface area contributed by atoms with Gasteiger partial charge in [0.1, 0.15) is 18.2 Å². The molecular weight excluding hydrogens is 342 g/mol. The highest BCUT2D eigenvalue weighted by Crippen LogP contribution is 2.28. The number of nitriles is 1. The van der Waals surface area contributed by atoms with E-state index >= 15 is 0 Å². The maximum Gasteiger partial charge on any atom is 0.254 e. The number of aryl methyl sites for hydroxylation is 1. The van der Waals surface area contributed by atoms with Crippen LogP contribution in [0.15, 0.2) is 30.6 Å². The molecule has 8 nitrogen and oxygen atoms in total. The van der Waals surface area contributed by atoms with Crippen molar-refractivity contribution in [2.24, 2.45) is 0 Å². The second-order valence-corrected chi connectivity index (χ2v) is 6.65. The van der Waals surface area contributed by atoms with Crippen molar-refractivity contribution in [1.82, 2.24) is 19.6 Å². The molecule has 0 atom stereocenters. The molecule has 2 N–H and O–H groups in total. The van der Waals surface area contributed by atoms with E-state index in [4.69, 9.17) is 0 Å². The standard InChI is InChI=1S/C19H21N7O/c1-2-14-10-18(26-19(24-14)21-12-22-26)23-15-3-4-17(13(9-15)11-20)25-7-5-16(27)6-8-25/h3-4,9-10,12,16,23,27H,2,5-8H2,1H3. The van der Waals surface area contributed by atoms with Gasteiger partial charge in [-0.25, -0.2) is 4.98 Å². The number of hydrogen-bond donors (Lipinski definition) is 2. The zero-order valence-corrected chi connectivity index (χ0v) is 15.1. The number of nitrogens with zero attached hydrogens (tertiary/aromatic N) is 6. The van der Waals surface area contributed by atoms with Gasteiger partial charge in [0, 0.05) is 30.5 Å². The predicted octanol–water partition coefficient (Wildman–Crippen LogP) is 2.26. The average molecular weight is 363 g/mol. The SMILES string of the molecule is CCc1cc(Nc2ccc(N3CCC(O)CC3)c(C#N)c2)n2ncnc2n1. The minimum Gasteiger partial charge on any atom is -0.393 e. The first kappa shape index (κ1) is 17.2. The Kier molecular flexibility index (Phi) is 4.60. The first-order valence-electron chi connectivity index (χ1n) is 9.11. The summed E-state index contributed by atoms with van der Waals surface area (Å²) in [7, 11) is 0. The Bertz CT molecular complexity index is 999. The lowest BCUT2D eigenvalue weighted by molar-refractivity contribution is 0.145. The Morgan fingerprint density at radius 2 is 2.11 bits per heavy atom. The first-order valence-corrected chi connectivity index (χ1v) is 9.11. The van der Waals surface area contributed by atoms with E-state index in [0.717, 1.165) is 55.2 Å². The van der Waals surface area contributed by atoms with Gasteiger partial charge in [0.25, 0.3) is 5.78 Å². The van der Waals surface area contributed by atoms with E-state index < -0.39 is 0 Å². The van der Waals surface area contributed by atoms with Gasteiger partial charge in [0.05, 0.1) is 17.4 Å². The molecule has 0 aliphatic carbocycles. The van der Waals surface area contributed by atoms with Crippen molar-refractivity contribution in [1.29, 1.82) is 5.26 Å². The van der Waals surface area contributed by atoms with Crippen LogP contribution in [-0.2, 0) is 6.42 Å². The molecule has 1 saturated heterocycles. The minimum absolute atomic E-state index is 0.239. The third-order valence-electron chi connectivity index (χ3n) is 4.86. The molecule has 0 amide bonds. The quantitative estimate of drug-likeness (QED) is 0.733. The smallest absolute Gasteiger partial charge is 0.254 e. The summed E-state index contributed by atoms with van der Waals surface area (Å²) in [4.78, 5) is 10.8. The summed E-state index contributed by atoms with van der Waals surface area (Å²) in [6, 6.07) is 9.99. The number of anilines is 3. The van der Waals surface area contributed by atoms with Crippen LogP contribution in [0.3, 0.4) is 0 Å². The monoisotopic (exact) mass is 363 g/mol. The van der Waals surface area contributed by atoms with Crippen LogP contribution in [0.1, 0.15) is 31.0 Å². The highest BCUT2D eigenvalue weighted by molar-refractivity contribution is 5.69. The van der Waals surface area contributed by atoms with E-state index in [1.165, 1.54) is 6.33 Å². The lowest BCUT2D eigenvalue weighted by atomic mass is 10.0. The Hall–Kier alpha value is -3.18. The van der Waals surface area contributed by atoms with Gasteiger partial charge in [0.2, 0.25) is 0 Å². The summed E-state index contributed by atoms with van der Waals surface area (Å²) >= 11 is 0. The van der Waals surface area contributed by atoms with Crippen LogP contribution in [0.5, 0.6) is 0 Å². The van der Waals surface area contributed by atoms with Gasteiger partial charge in [-0.1, -0.05) is 6.92 Å². The number of piperidine rings is 1. The van der Waals surface area contributed by atoms with E-state index in [9.17, 15) is 10.4 Å². The highest BCUT2D eigenvalue weighted by Gasteiger charge is 2.19. The van der Waals surface area contributed by atoms with E-state index in [-0.39, 0.29) is 6.10 Å². The molecule has 0 spiro atoms. The lowest BCUT2D eigenvalue weighted by Gasteiger charge is -2.32. The summed E-state index contributed by atoms with van der Waals surface area (Å²) in [5.74, 6) is 1.30. The highest BCUT2D eigenvalue weighted by atomic mass is 16.3. The largest absolute Gasteiger partial charge is 0.393 e. The second kappa shape index (κ2) is 7.21. The van der Waals surface area contributed by atoms with Gasteiger partial charge in [-0.05, 0) is 37.5 Å². The third kappa shape index (κ3) is 3.41. The Morgan fingerprint density at radius 1 is 1.30 bits per heavy atom. The number of hydrogen-bond acceptors (Lipinski definition) is 7. The number of fused-ring (bicyclic) bond motifs is 1. The Balaban J connectivity index is 1.64. The van der Waals surface area contributed by atoms with Crippen molar-refractivity contribution in [3.63, 3.8) is 0 Å². The van der Waals surface area contributed by atoms with Crippen molar-refractivity contribution in [2.75, 3.05) is 23.3 Å². The number of nitrogens with one attached hydrogen (secondary N) is 1. The van der Waals surface area contributed by atoms with E-state index in [2.05, 4.69) is 31.4 Å². The zero-order chi connectivity index (χ0) is 18.8. The van der Waals surface area contributed by atoms with Crippen LogP contribution in [0.2, 0.25) is 0 Å². The molecule has 1 fully saturated rings. The summed E-state index contributed by atoms with van der Waals surface area (Å²) in [6.07, 6.45) is 3.48. The fourth-order valence-corrected chi connectivity index (χ4v) is 3.37. The van der Waals surface area contributed by atoms with Crippen LogP contribution in [0.4, 0.5) is 17.2 Å². The molecule has 138 valence electrons. The maximum atomic E-state index is 9.70. The molecule has 0 saturated carbocycles. The number of aromatic nitrogens is 4. The van der Waals surface area contributed by atoms with Gasteiger partial charge in [-0.15, -0.1) is 0 Å². The predicted molar refractivity (Wildman–Crippen MR) is 102 cm³/mol. The van der Waals surface area contributed by atoms with Crippen molar-refractivity contribution in [2.45, 2.75) is 32.3 Å². The fraction of sp³-hybridized carbons (Fsp3) is 0.368. The van der Waals surface area contributed by atoms with Crippen molar-refractivity contribution >= 4 is 23.0 Å². The van der Waals surface area contributed by atoms with Crippen molar-refractivity contribution < 1.29 is 5.11 Å². The molecule has 0 bridgehead atoms. The number of benzene rings is 1. The molecule has 2 aromatic heterocycles. The number of aliphatic hydroxyl groups is 1. The molecule has 3 heterocycles. The Labute approximate surface area is 157 Å². The topological polar surface area (TPSA) is 102 Å². The Morgan fingerprint density at radius 3 is 2.85 bits per heavy atom. The van der Waals surface area contributed by atoms with Gasteiger partial charge in [0.15, 0.2) is 0 Å². The zero-order valence-electron chi connectivity index (χ0n) is 15.1. The average Bonchev–Trinajstić information content (AvgIpc) is 3.17. The van der Waals surface area contributed by atoms with Crippen LogP contribution < -0.4 is 10.2 Å². The maximum absolute atomic E-state index is 9.70. The van der Waals surface area contributed by atoms with Crippen LogP contribution >= 0.6 is 0 Å². The molecule has 1 aromatic carbocycles. The van der Waals surface area contributed by atoms with Crippen LogP contribution in [-0.4, -0.2) is 43.9 Å². The fourth-order valence-electron chi connectivity index (χ4n) is 3.37.